The topological polar surface area (TPSA) is 97.3 Å². The number of hydrazone groups is 1. The molecule has 160 valence electrons. The molecule has 0 unspecified atom stereocenters. The smallest absolute Gasteiger partial charge is 0.242 e. The summed E-state index contributed by atoms with van der Waals surface area (Å²) in [6.07, 6.45) is 1.87. The molecule has 30 heavy (non-hydrogen) atoms. The highest BCUT2D eigenvalue weighted by atomic mass is 32.2. The van der Waals surface area contributed by atoms with Gasteiger partial charge in [-0.05, 0) is 29.8 Å². The van der Waals surface area contributed by atoms with Crippen LogP contribution < -0.4 is 14.2 Å². The summed E-state index contributed by atoms with van der Waals surface area (Å²) in [5, 5.41) is 6.06. The van der Waals surface area contributed by atoms with Gasteiger partial charge in [0.2, 0.25) is 15.9 Å². The lowest BCUT2D eigenvalue weighted by molar-refractivity contribution is -0.132. The van der Waals surface area contributed by atoms with E-state index in [2.05, 4.69) is 9.82 Å². The number of hydrogen-bond acceptors (Lipinski definition) is 6. The Kier molecular flexibility index (Phi) is 6.31. The van der Waals surface area contributed by atoms with Gasteiger partial charge in [-0.3, -0.25) is 9.52 Å². The summed E-state index contributed by atoms with van der Waals surface area (Å²) in [6, 6.07) is 12.1. The van der Waals surface area contributed by atoms with E-state index in [1.165, 1.54) is 5.01 Å². The number of carbonyl (C=O) groups is 1. The number of benzene rings is 2. The van der Waals surface area contributed by atoms with Gasteiger partial charge in [-0.1, -0.05) is 19.1 Å². The fourth-order valence-electron chi connectivity index (χ4n) is 3.39. The number of ether oxygens (including phenoxy) is 2. The normalized spacial score (nSPS) is 16.2. The van der Waals surface area contributed by atoms with Crippen LogP contribution in [0.2, 0.25) is 0 Å². The summed E-state index contributed by atoms with van der Waals surface area (Å²) in [5.74, 6) is 1.15. The first kappa shape index (κ1) is 21.6. The van der Waals surface area contributed by atoms with Crippen molar-refractivity contribution in [1.82, 2.24) is 5.01 Å². The first-order valence-corrected chi connectivity index (χ1v) is 11.3. The number of carbonyl (C=O) groups excluding carboxylic acids is 1. The van der Waals surface area contributed by atoms with Crippen LogP contribution in [0, 0.1) is 0 Å². The first-order valence-electron chi connectivity index (χ1n) is 9.45. The third-order valence-corrected chi connectivity index (χ3v) is 5.37. The van der Waals surface area contributed by atoms with E-state index in [0.29, 0.717) is 35.7 Å². The zero-order chi connectivity index (χ0) is 21.9. The molecule has 9 heteroatoms. The Morgan fingerprint density at radius 1 is 1.20 bits per heavy atom. The average molecular weight is 432 g/mol. The Bertz CT molecular complexity index is 1080. The molecule has 1 atom stereocenters. The van der Waals surface area contributed by atoms with Gasteiger partial charge in [0.15, 0.2) is 0 Å². The molecule has 2 aromatic rings. The van der Waals surface area contributed by atoms with Crippen LogP contribution in [0.25, 0.3) is 0 Å². The maximum atomic E-state index is 12.6. The van der Waals surface area contributed by atoms with E-state index in [-0.39, 0.29) is 11.9 Å². The number of nitrogens with zero attached hydrogens (tertiary/aromatic N) is 2. The number of sulfonamides is 1. The highest BCUT2D eigenvalue weighted by Crippen LogP contribution is 2.39. The lowest BCUT2D eigenvalue weighted by Gasteiger charge is -2.23. The minimum atomic E-state index is -3.40. The molecule has 0 bridgehead atoms. The highest BCUT2D eigenvalue weighted by molar-refractivity contribution is 7.92. The molecule has 1 heterocycles. The molecule has 8 nitrogen and oxygen atoms in total. The summed E-state index contributed by atoms with van der Waals surface area (Å²) < 4.78 is 36.4. The van der Waals surface area contributed by atoms with Crippen LogP contribution in [0.1, 0.15) is 36.9 Å². The van der Waals surface area contributed by atoms with E-state index >= 15 is 0 Å². The summed E-state index contributed by atoms with van der Waals surface area (Å²) >= 11 is 0. The van der Waals surface area contributed by atoms with Crippen molar-refractivity contribution < 1.29 is 22.7 Å². The minimum absolute atomic E-state index is 0.113. The lowest BCUT2D eigenvalue weighted by atomic mass is 9.97. The van der Waals surface area contributed by atoms with Gasteiger partial charge in [-0.25, -0.2) is 13.4 Å². The molecular weight excluding hydrogens is 406 g/mol. The van der Waals surface area contributed by atoms with Crippen molar-refractivity contribution in [2.45, 2.75) is 25.8 Å². The molecule has 0 saturated carbocycles. The molecule has 0 saturated heterocycles. The summed E-state index contributed by atoms with van der Waals surface area (Å²) in [6.45, 7) is 1.79. The lowest BCUT2D eigenvalue weighted by Crippen LogP contribution is -2.26. The van der Waals surface area contributed by atoms with Crippen molar-refractivity contribution in [3.05, 3.63) is 53.6 Å². The molecule has 1 N–H and O–H groups in total. The van der Waals surface area contributed by atoms with Crippen molar-refractivity contribution in [2.24, 2.45) is 5.10 Å². The Balaban J connectivity index is 1.98. The highest BCUT2D eigenvalue weighted by Gasteiger charge is 2.34. The molecule has 1 amide bonds. The number of amides is 1. The monoisotopic (exact) mass is 431 g/mol. The Hall–Kier alpha value is -3.07. The Morgan fingerprint density at radius 2 is 1.97 bits per heavy atom. The second kappa shape index (κ2) is 8.74. The van der Waals surface area contributed by atoms with Gasteiger partial charge in [0.25, 0.3) is 0 Å². The van der Waals surface area contributed by atoms with Crippen LogP contribution in [-0.2, 0) is 14.8 Å². The summed E-state index contributed by atoms with van der Waals surface area (Å²) in [7, 11) is -0.248. The van der Waals surface area contributed by atoms with Crippen molar-refractivity contribution in [2.75, 3.05) is 25.2 Å². The van der Waals surface area contributed by atoms with E-state index in [1.807, 2.05) is 18.2 Å². The molecule has 1 aliphatic rings. The summed E-state index contributed by atoms with van der Waals surface area (Å²) in [4.78, 5) is 12.6. The van der Waals surface area contributed by atoms with Gasteiger partial charge in [0.1, 0.15) is 11.5 Å². The second-order valence-electron chi connectivity index (χ2n) is 6.92. The first-order chi connectivity index (χ1) is 14.3. The van der Waals surface area contributed by atoms with Gasteiger partial charge < -0.3 is 9.47 Å². The SMILES string of the molecule is CCC(=O)N1N=C(c2cccc(NS(C)(=O)=O)c2)C[C@H]1c1ccc(OC)cc1OC. The molecule has 0 aliphatic carbocycles. The van der Waals surface area contributed by atoms with Gasteiger partial charge in [0, 0.05) is 30.2 Å². The van der Waals surface area contributed by atoms with Crippen molar-refractivity contribution in [3.63, 3.8) is 0 Å². The fourth-order valence-corrected chi connectivity index (χ4v) is 3.94. The zero-order valence-electron chi connectivity index (χ0n) is 17.4. The van der Waals surface area contributed by atoms with Crippen molar-refractivity contribution >= 4 is 27.3 Å². The van der Waals surface area contributed by atoms with E-state index in [0.717, 1.165) is 17.4 Å². The molecule has 2 aromatic carbocycles. The molecule has 1 aliphatic heterocycles. The van der Waals surface area contributed by atoms with Crippen LogP contribution >= 0.6 is 0 Å². The molecule has 0 aromatic heterocycles. The van der Waals surface area contributed by atoms with E-state index in [9.17, 15) is 13.2 Å². The van der Waals surface area contributed by atoms with Gasteiger partial charge in [-0.2, -0.15) is 5.10 Å². The number of hydrogen-bond donors (Lipinski definition) is 1. The predicted molar refractivity (Wildman–Crippen MR) is 115 cm³/mol. The van der Waals surface area contributed by atoms with Gasteiger partial charge in [-0.15, -0.1) is 0 Å². The fraction of sp³-hybridized carbons (Fsp3) is 0.333. The second-order valence-corrected chi connectivity index (χ2v) is 8.67. The number of nitrogens with one attached hydrogen (secondary N) is 1. The van der Waals surface area contributed by atoms with Crippen molar-refractivity contribution in [1.29, 1.82) is 0 Å². The average Bonchev–Trinajstić information content (AvgIpc) is 3.17. The zero-order valence-corrected chi connectivity index (χ0v) is 18.2. The van der Waals surface area contributed by atoms with Gasteiger partial charge >= 0.3 is 0 Å². The third kappa shape index (κ3) is 4.73. The molecule has 0 fully saturated rings. The number of rotatable bonds is 7. The maximum absolute atomic E-state index is 12.6. The molecule has 0 radical (unpaired) electrons. The Labute approximate surface area is 176 Å². The standard InChI is InChI=1S/C21H25N3O5S/c1-5-21(25)24-19(17-10-9-16(28-2)12-20(17)29-3)13-18(22-24)14-7-6-8-15(11-14)23-30(4,26)27/h6-12,19,23H,5,13H2,1-4H3/t19-/m0/s1. The van der Waals surface area contributed by atoms with E-state index in [1.54, 1.807) is 45.4 Å². The number of anilines is 1. The quantitative estimate of drug-likeness (QED) is 0.726. The molecular formula is C21H25N3O5S. The van der Waals surface area contributed by atoms with Crippen LogP contribution in [0.5, 0.6) is 11.5 Å². The van der Waals surface area contributed by atoms with E-state index < -0.39 is 10.0 Å². The molecule has 0 spiro atoms. The largest absolute Gasteiger partial charge is 0.497 e. The molecule has 3 rings (SSSR count). The predicted octanol–water partition coefficient (Wildman–Crippen LogP) is 3.16. The Morgan fingerprint density at radius 3 is 2.60 bits per heavy atom. The van der Waals surface area contributed by atoms with E-state index in [4.69, 9.17) is 9.47 Å². The summed E-state index contributed by atoms with van der Waals surface area (Å²) in [5.41, 5.74) is 2.70. The van der Waals surface area contributed by atoms with Gasteiger partial charge in [0.05, 0.1) is 32.2 Å². The van der Waals surface area contributed by atoms with Crippen molar-refractivity contribution in [3.8, 4) is 11.5 Å². The third-order valence-electron chi connectivity index (χ3n) is 4.77. The van der Waals surface area contributed by atoms with Crippen LogP contribution in [0.4, 0.5) is 5.69 Å². The maximum Gasteiger partial charge on any atom is 0.242 e. The number of methoxy groups -OCH3 is 2. The van der Waals surface area contributed by atoms with Crippen LogP contribution in [0.15, 0.2) is 47.6 Å². The van der Waals surface area contributed by atoms with Crippen LogP contribution in [-0.4, -0.2) is 45.5 Å². The minimum Gasteiger partial charge on any atom is -0.497 e. The van der Waals surface area contributed by atoms with Crippen LogP contribution in [0.3, 0.4) is 0 Å².